The van der Waals surface area contributed by atoms with Crippen molar-refractivity contribution in [3.63, 3.8) is 0 Å². The van der Waals surface area contributed by atoms with Gasteiger partial charge in [0.2, 0.25) is 0 Å². The summed E-state index contributed by atoms with van der Waals surface area (Å²) in [7, 11) is 0. The Kier molecular flexibility index (Phi) is 4.31. The van der Waals surface area contributed by atoms with Crippen LogP contribution in [0.5, 0.6) is 0 Å². The number of piperidine rings is 1. The second-order valence-corrected chi connectivity index (χ2v) is 4.83. The van der Waals surface area contributed by atoms with Crippen LogP contribution in [0.2, 0.25) is 0 Å². The smallest absolute Gasteiger partial charge is 0.254 e. The maximum absolute atomic E-state index is 12.4. The number of hydrogen-bond donors (Lipinski definition) is 1. The monoisotopic (exact) mass is 247 g/mol. The zero-order chi connectivity index (χ0) is 13.0. The summed E-state index contributed by atoms with van der Waals surface area (Å²) in [6, 6.07) is 4.10. The summed E-state index contributed by atoms with van der Waals surface area (Å²) >= 11 is 0. The van der Waals surface area contributed by atoms with E-state index in [2.05, 4.69) is 17.2 Å². The number of hydrogen-bond acceptors (Lipinski definition) is 3. The number of likely N-dealkylation sites (N-methyl/N-ethyl adjacent to an activating group) is 1. The minimum absolute atomic E-state index is 0.128. The van der Waals surface area contributed by atoms with Gasteiger partial charge in [-0.1, -0.05) is 6.92 Å². The Balaban J connectivity index is 2.04. The summed E-state index contributed by atoms with van der Waals surface area (Å²) in [4.78, 5) is 18.5. The topological polar surface area (TPSA) is 45.2 Å². The second-order valence-electron chi connectivity index (χ2n) is 4.83. The lowest BCUT2D eigenvalue weighted by Crippen LogP contribution is -2.47. The number of nitrogens with zero attached hydrogens (tertiary/aromatic N) is 2. The van der Waals surface area contributed by atoms with E-state index in [1.165, 1.54) is 0 Å². The lowest BCUT2D eigenvalue weighted by Gasteiger charge is -2.33. The van der Waals surface area contributed by atoms with Gasteiger partial charge in [-0.25, -0.2) is 0 Å². The van der Waals surface area contributed by atoms with Gasteiger partial charge in [-0.3, -0.25) is 9.78 Å². The molecule has 4 heteroatoms. The highest BCUT2D eigenvalue weighted by atomic mass is 16.2. The molecule has 0 radical (unpaired) electrons. The van der Waals surface area contributed by atoms with Crippen LogP contribution < -0.4 is 5.32 Å². The van der Waals surface area contributed by atoms with Crippen molar-refractivity contribution in [3.8, 4) is 0 Å². The molecule has 0 saturated carbocycles. The summed E-state index contributed by atoms with van der Waals surface area (Å²) in [6.45, 7) is 6.65. The molecule has 1 unspecified atom stereocenters. The van der Waals surface area contributed by atoms with Crippen LogP contribution in [0.4, 0.5) is 0 Å². The third kappa shape index (κ3) is 3.07. The van der Waals surface area contributed by atoms with Crippen molar-refractivity contribution in [2.24, 2.45) is 0 Å². The van der Waals surface area contributed by atoms with Crippen LogP contribution in [0.25, 0.3) is 0 Å². The quantitative estimate of drug-likeness (QED) is 0.882. The second kappa shape index (κ2) is 5.96. The van der Waals surface area contributed by atoms with Gasteiger partial charge in [0.05, 0.1) is 0 Å². The number of rotatable bonds is 3. The van der Waals surface area contributed by atoms with Gasteiger partial charge in [-0.15, -0.1) is 0 Å². The molecule has 0 bridgehead atoms. The fourth-order valence-corrected chi connectivity index (χ4v) is 2.48. The third-order valence-corrected chi connectivity index (χ3v) is 3.35. The van der Waals surface area contributed by atoms with E-state index in [1.54, 1.807) is 12.3 Å². The van der Waals surface area contributed by atoms with Crippen LogP contribution in [0.3, 0.4) is 0 Å². The van der Waals surface area contributed by atoms with Crippen molar-refractivity contribution in [2.45, 2.75) is 32.7 Å². The highest BCUT2D eigenvalue weighted by molar-refractivity contribution is 5.94. The van der Waals surface area contributed by atoms with Gasteiger partial charge in [0.15, 0.2) is 0 Å². The molecule has 1 aliphatic rings. The minimum atomic E-state index is 0.128. The zero-order valence-corrected chi connectivity index (χ0v) is 11.1. The Labute approximate surface area is 108 Å². The van der Waals surface area contributed by atoms with E-state index in [9.17, 15) is 4.79 Å². The first-order valence-corrected chi connectivity index (χ1v) is 6.66. The molecule has 0 spiro atoms. The first kappa shape index (κ1) is 13.0. The number of aryl methyl sites for hydroxylation is 1. The van der Waals surface area contributed by atoms with Crippen LogP contribution in [-0.4, -0.2) is 41.5 Å². The molecule has 1 saturated heterocycles. The van der Waals surface area contributed by atoms with E-state index in [0.717, 1.165) is 43.7 Å². The van der Waals surface area contributed by atoms with Crippen molar-refractivity contribution in [2.75, 3.05) is 19.6 Å². The number of carbonyl (C=O) groups is 1. The van der Waals surface area contributed by atoms with Gasteiger partial charge in [-0.2, -0.15) is 0 Å². The molecule has 1 fully saturated rings. The van der Waals surface area contributed by atoms with Gasteiger partial charge in [0, 0.05) is 36.6 Å². The van der Waals surface area contributed by atoms with E-state index >= 15 is 0 Å². The highest BCUT2D eigenvalue weighted by Crippen LogP contribution is 2.14. The average Bonchev–Trinajstić information content (AvgIpc) is 2.39. The minimum Gasteiger partial charge on any atom is -0.337 e. The molecule has 2 heterocycles. The Bertz CT molecular complexity index is 417. The first-order valence-electron chi connectivity index (χ1n) is 6.66. The predicted molar refractivity (Wildman–Crippen MR) is 71.6 cm³/mol. The SMILES string of the molecule is CCNC1CCCN(C(=O)c2ccnc(C)c2)C1. The molecule has 2 rings (SSSR count). The molecule has 0 aliphatic carbocycles. The van der Waals surface area contributed by atoms with Crippen LogP contribution in [0.1, 0.15) is 35.8 Å². The van der Waals surface area contributed by atoms with Crippen LogP contribution >= 0.6 is 0 Å². The molecule has 4 nitrogen and oxygen atoms in total. The van der Waals surface area contributed by atoms with Gasteiger partial charge in [-0.05, 0) is 38.4 Å². The number of amides is 1. The summed E-state index contributed by atoms with van der Waals surface area (Å²) in [5.41, 5.74) is 1.64. The van der Waals surface area contributed by atoms with E-state index in [1.807, 2.05) is 17.9 Å². The van der Waals surface area contributed by atoms with Crippen molar-refractivity contribution >= 4 is 5.91 Å². The molecule has 1 N–H and O–H groups in total. The normalized spacial score (nSPS) is 19.9. The Morgan fingerprint density at radius 3 is 3.17 bits per heavy atom. The van der Waals surface area contributed by atoms with Gasteiger partial charge < -0.3 is 10.2 Å². The molecule has 1 amide bonds. The average molecular weight is 247 g/mol. The molecule has 98 valence electrons. The van der Waals surface area contributed by atoms with Crippen molar-refractivity contribution in [3.05, 3.63) is 29.6 Å². The third-order valence-electron chi connectivity index (χ3n) is 3.35. The molecule has 0 aromatic carbocycles. The maximum Gasteiger partial charge on any atom is 0.254 e. The summed E-state index contributed by atoms with van der Waals surface area (Å²) < 4.78 is 0. The Morgan fingerprint density at radius 2 is 2.44 bits per heavy atom. The molecule has 1 aromatic rings. The van der Waals surface area contributed by atoms with Gasteiger partial charge in [0.25, 0.3) is 5.91 Å². The molecular formula is C14H21N3O. The Hall–Kier alpha value is -1.42. The van der Waals surface area contributed by atoms with E-state index in [0.29, 0.717) is 6.04 Å². The summed E-state index contributed by atoms with van der Waals surface area (Å²) in [6.07, 6.45) is 3.94. The zero-order valence-electron chi connectivity index (χ0n) is 11.1. The van der Waals surface area contributed by atoms with Crippen LogP contribution in [-0.2, 0) is 0 Å². The summed E-state index contributed by atoms with van der Waals surface area (Å²) in [5.74, 6) is 0.128. The van der Waals surface area contributed by atoms with Crippen molar-refractivity contribution in [1.82, 2.24) is 15.2 Å². The summed E-state index contributed by atoms with van der Waals surface area (Å²) in [5, 5.41) is 3.43. The lowest BCUT2D eigenvalue weighted by molar-refractivity contribution is 0.0695. The Morgan fingerprint density at radius 1 is 1.61 bits per heavy atom. The largest absolute Gasteiger partial charge is 0.337 e. The number of aromatic nitrogens is 1. The molecule has 18 heavy (non-hydrogen) atoms. The van der Waals surface area contributed by atoms with Crippen LogP contribution in [0, 0.1) is 6.92 Å². The fourth-order valence-electron chi connectivity index (χ4n) is 2.48. The number of nitrogens with one attached hydrogen (secondary N) is 1. The number of likely N-dealkylation sites (tertiary alicyclic amines) is 1. The van der Waals surface area contributed by atoms with Crippen LogP contribution in [0.15, 0.2) is 18.3 Å². The van der Waals surface area contributed by atoms with E-state index in [-0.39, 0.29) is 5.91 Å². The fraction of sp³-hybridized carbons (Fsp3) is 0.571. The molecule has 1 atom stereocenters. The molecular weight excluding hydrogens is 226 g/mol. The van der Waals surface area contributed by atoms with Gasteiger partial charge in [0.1, 0.15) is 0 Å². The number of carbonyl (C=O) groups excluding carboxylic acids is 1. The lowest BCUT2D eigenvalue weighted by atomic mass is 10.0. The van der Waals surface area contributed by atoms with E-state index < -0.39 is 0 Å². The molecule has 1 aliphatic heterocycles. The number of pyridine rings is 1. The predicted octanol–water partition coefficient (Wildman–Crippen LogP) is 1.60. The van der Waals surface area contributed by atoms with Crippen molar-refractivity contribution < 1.29 is 4.79 Å². The first-order chi connectivity index (χ1) is 8.70. The van der Waals surface area contributed by atoms with E-state index in [4.69, 9.17) is 0 Å². The maximum atomic E-state index is 12.4. The molecule has 1 aromatic heterocycles. The highest BCUT2D eigenvalue weighted by Gasteiger charge is 2.23. The standard InChI is InChI=1S/C14H21N3O/c1-3-15-13-5-4-8-17(10-13)14(18)12-6-7-16-11(2)9-12/h6-7,9,13,15H,3-5,8,10H2,1-2H3. The van der Waals surface area contributed by atoms with Crippen molar-refractivity contribution in [1.29, 1.82) is 0 Å². The van der Waals surface area contributed by atoms with Gasteiger partial charge >= 0.3 is 0 Å².